The van der Waals surface area contributed by atoms with Crippen LogP contribution in [-0.2, 0) is 4.79 Å². The highest BCUT2D eigenvalue weighted by atomic mass is 32.1. The summed E-state index contributed by atoms with van der Waals surface area (Å²) in [5, 5.41) is 3.82. The molecule has 0 bridgehead atoms. The number of hydrogen-bond donors (Lipinski definition) is 1. The van der Waals surface area contributed by atoms with Crippen molar-refractivity contribution in [3.8, 4) is 0 Å². The van der Waals surface area contributed by atoms with Crippen LogP contribution in [0.15, 0.2) is 18.2 Å². The Morgan fingerprint density at radius 3 is 2.57 bits per heavy atom. The summed E-state index contributed by atoms with van der Waals surface area (Å²) in [6, 6.07) is 6.21. The highest BCUT2D eigenvalue weighted by Crippen LogP contribution is 2.16. The standard InChI is InChI=1S/C17H26N4OS/c1-13-5-6-14(2)15(11-13)18-17(23)20(4)12-16(22)21-9-7-19(3)8-10-21/h5-6,11H,7-10,12H2,1-4H3,(H,18,23). The van der Waals surface area contributed by atoms with Gasteiger partial charge in [-0.05, 0) is 50.3 Å². The molecule has 0 spiro atoms. The molecule has 1 amide bonds. The molecule has 0 aromatic heterocycles. The quantitative estimate of drug-likeness (QED) is 0.852. The molecule has 1 heterocycles. The number of nitrogens with zero attached hydrogens (tertiary/aromatic N) is 3. The largest absolute Gasteiger partial charge is 0.343 e. The maximum atomic E-state index is 12.4. The lowest BCUT2D eigenvalue weighted by Crippen LogP contribution is -2.50. The fraction of sp³-hybridized carbons (Fsp3) is 0.529. The van der Waals surface area contributed by atoms with Crippen LogP contribution in [0.2, 0.25) is 0 Å². The van der Waals surface area contributed by atoms with Crippen molar-refractivity contribution < 1.29 is 4.79 Å². The molecule has 0 aliphatic carbocycles. The van der Waals surface area contributed by atoms with Crippen molar-refractivity contribution >= 4 is 28.9 Å². The summed E-state index contributed by atoms with van der Waals surface area (Å²) in [6.45, 7) is 7.84. The van der Waals surface area contributed by atoms with Gasteiger partial charge in [-0.2, -0.15) is 0 Å². The third kappa shape index (κ3) is 4.91. The number of hydrogen-bond acceptors (Lipinski definition) is 3. The predicted octanol–water partition coefficient (Wildman–Crippen LogP) is 1.71. The first-order chi connectivity index (χ1) is 10.9. The van der Waals surface area contributed by atoms with Crippen molar-refractivity contribution in [2.24, 2.45) is 0 Å². The first kappa shape index (κ1) is 17.7. The number of carbonyl (C=O) groups excluding carboxylic acids is 1. The van der Waals surface area contributed by atoms with Gasteiger partial charge in [-0.25, -0.2) is 0 Å². The zero-order valence-electron chi connectivity index (χ0n) is 14.4. The number of benzene rings is 1. The second kappa shape index (κ2) is 7.75. The van der Waals surface area contributed by atoms with Crippen LogP contribution in [0.5, 0.6) is 0 Å². The fourth-order valence-electron chi connectivity index (χ4n) is 2.51. The summed E-state index contributed by atoms with van der Waals surface area (Å²) < 4.78 is 0. The van der Waals surface area contributed by atoms with E-state index >= 15 is 0 Å². The van der Waals surface area contributed by atoms with Crippen molar-refractivity contribution in [1.82, 2.24) is 14.7 Å². The molecule has 126 valence electrons. The third-order valence-corrected chi connectivity index (χ3v) is 4.62. The second-order valence-corrected chi connectivity index (χ2v) is 6.68. The molecule has 1 aromatic rings. The maximum absolute atomic E-state index is 12.4. The van der Waals surface area contributed by atoms with E-state index in [1.54, 1.807) is 4.90 Å². The van der Waals surface area contributed by atoms with E-state index in [0.29, 0.717) is 11.7 Å². The molecule has 1 fully saturated rings. The fourth-order valence-corrected chi connectivity index (χ4v) is 2.69. The lowest BCUT2D eigenvalue weighted by atomic mass is 10.1. The average molecular weight is 334 g/mol. The minimum Gasteiger partial charge on any atom is -0.343 e. The van der Waals surface area contributed by atoms with Crippen molar-refractivity contribution in [1.29, 1.82) is 0 Å². The zero-order chi connectivity index (χ0) is 17.0. The summed E-state index contributed by atoms with van der Waals surface area (Å²) in [5.74, 6) is 0.130. The van der Waals surface area contributed by atoms with E-state index < -0.39 is 0 Å². The minimum atomic E-state index is 0.130. The smallest absolute Gasteiger partial charge is 0.242 e. The molecule has 1 N–H and O–H groups in total. The number of likely N-dealkylation sites (N-methyl/N-ethyl adjacent to an activating group) is 2. The predicted molar refractivity (Wildman–Crippen MR) is 98.8 cm³/mol. The van der Waals surface area contributed by atoms with Gasteiger partial charge in [0.1, 0.15) is 0 Å². The number of nitrogens with one attached hydrogen (secondary N) is 1. The molecule has 1 aromatic carbocycles. The van der Waals surface area contributed by atoms with E-state index in [1.807, 2.05) is 25.8 Å². The van der Waals surface area contributed by atoms with E-state index in [4.69, 9.17) is 12.2 Å². The van der Waals surface area contributed by atoms with E-state index in [9.17, 15) is 4.79 Å². The zero-order valence-corrected chi connectivity index (χ0v) is 15.2. The Labute approximate surface area is 144 Å². The number of anilines is 1. The molecular weight excluding hydrogens is 308 g/mol. The minimum absolute atomic E-state index is 0.130. The van der Waals surface area contributed by atoms with Crippen LogP contribution in [0.1, 0.15) is 11.1 Å². The molecule has 0 unspecified atom stereocenters. The summed E-state index contributed by atoms with van der Waals surface area (Å²) in [7, 11) is 3.94. The molecule has 23 heavy (non-hydrogen) atoms. The summed E-state index contributed by atoms with van der Waals surface area (Å²) in [5.41, 5.74) is 3.31. The van der Waals surface area contributed by atoms with Crippen LogP contribution in [0, 0.1) is 13.8 Å². The van der Waals surface area contributed by atoms with Crippen LogP contribution < -0.4 is 5.32 Å². The van der Waals surface area contributed by atoms with Crippen molar-refractivity contribution in [3.63, 3.8) is 0 Å². The summed E-state index contributed by atoms with van der Waals surface area (Å²) >= 11 is 5.44. The summed E-state index contributed by atoms with van der Waals surface area (Å²) in [4.78, 5) is 18.3. The maximum Gasteiger partial charge on any atom is 0.242 e. The number of piperazine rings is 1. The monoisotopic (exact) mass is 334 g/mol. The molecule has 1 saturated heterocycles. The van der Waals surface area contributed by atoms with Gasteiger partial charge >= 0.3 is 0 Å². The molecule has 0 radical (unpaired) electrons. The van der Waals surface area contributed by atoms with E-state index in [0.717, 1.165) is 37.4 Å². The van der Waals surface area contributed by atoms with E-state index in [2.05, 4.69) is 35.5 Å². The van der Waals surface area contributed by atoms with Crippen molar-refractivity contribution in [3.05, 3.63) is 29.3 Å². The average Bonchev–Trinajstić information content (AvgIpc) is 2.51. The van der Waals surface area contributed by atoms with Crippen LogP contribution in [-0.4, -0.2) is 72.5 Å². The van der Waals surface area contributed by atoms with Crippen LogP contribution in [0.4, 0.5) is 5.69 Å². The Morgan fingerprint density at radius 1 is 1.26 bits per heavy atom. The van der Waals surface area contributed by atoms with E-state index in [1.165, 1.54) is 5.56 Å². The normalized spacial score (nSPS) is 15.4. The van der Waals surface area contributed by atoms with Gasteiger partial charge in [-0.15, -0.1) is 0 Å². The van der Waals surface area contributed by atoms with Gasteiger partial charge in [0.05, 0.1) is 6.54 Å². The lowest BCUT2D eigenvalue weighted by molar-refractivity contribution is -0.132. The Kier molecular flexibility index (Phi) is 5.96. The first-order valence-corrected chi connectivity index (χ1v) is 8.33. The molecule has 1 aliphatic heterocycles. The Hall–Kier alpha value is -1.66. The van der Waals surface area contributed by atoms with Gasteiger partial charge < -0.3 is 20.0 Å². The Morgan fingerprint density at radius 2 is 1.91 bits per heavy atom. The highest BCUT2D eigenvalue weighted by Gasteiger charge is 2.20. The second-order valence-electron chi connectivity index (χ2n) is 6.29. The molecule has 6 heteroatoms. The molecule has 0 atom stereocenters. The van der Waals surface area contributed by atoms with Gasteiger partial charge in [0.2, 0.25) is 5.91 Å². The van der Waals surface area contributed by atoms with Crippen LogP contribution >= 0.6 is 12.2 Å². The van der Waals surface area contributed by atoms with Crippen molar-refractivity contribution in [2.45, 2.75) is 13.8 Å². The first-order valence-electron chi connectivity index (χ1n) is 7.92. The SMILES string of the molecule is Cc1ccc(C)c(NC(=S)N(C)CC(=O)N2CCN(C)CC2)c1. The van der Waals surface area contributed by atoms with Gasteiger partial charge in [0.25, 0.3) is 0 Å². The number of amides is 1. The Balaban J connectivity index is 1.89. The summed E-state index contributed by atoms with van der Waals surface area (Å²) in [6.07, 6.45) is 0. The van der Waals surface area contributed by atoms with E-state index in [-0.39, 0.29) is 5.91 Å². The molecule has 5 nitrogen and oxygen atoms in total. The molecule has 1 aliphatic rings. The molecule has 0 saturated carbocycles. The molecule has 2 rings (SSSR count). The van der Waals surface area contributed by atoms with Gasteiger partial charge in [-0.1, -0.05) is 12.1 Å². The number of rotatable bonds is 3. The van der Waals surface area contributed by atoms with Gasteiger partial charge in [-0.3, -0.25) is 4.79 Å². The van der Waals surface area contributed by atoms with Crippen LogP contribution in [0.3, 0.4) is 0 Å². The number of carbonyl (C=O) groups is 1. The number of thiocarbonyl (C=S) groups is 1. The lowest BCUT2D eigenvalue weighted by Gasteiger charge is -2.33. The highest BCUT2D eigenvalue weighted by molar-refractivity contribution is 7.80. The van der Waals surface area contributed by atoms with Crippen LogP contribution in [0.25, 0.3) is 0 Å². The number of aryl methyl sites for hydroxylation is 2. The van der Waals surface area contributed by atoms with Gasteiger partial charge in [0, 0.05) is 38.9 Å². The van der Waals surface area contributed by atoms with Gasteiger partial charge in [0.15, 0.2) is 5.11 Å². The topological polar surface area (TPSA) is 38.8 Å². The van der Waals surface area contributed by atoms with Crippen molar-refractivity contribution in [2.75, 3.05) is 52.1 Å². The Bertz CT molecular complexity index is 582. The third-order valence-electron chi connectivity index (χ3n) is 4.21. The molecular formula is C17H26N4OS.